The van der Waals surface area contributed by atoms with E-state index < -0.39 is 0 Å². The quantitative estimate of drug-likeness (QED) is 0.917. The highest BCUT2D eigenvalue weighted by atomic mass is 16.5. The van der Waals surface area contributed by atoms with E-state index in [0.29, 0.717) is 5.92 Å². The largest absolute Gasteiger partial charge is 0.364 e. The molecule has 1 atom stereocenters. The fourth-order valence-corrected chi connectivity index (χ4v) is 3.27. The lowest BCUT2D eigenvalue weighted by Crippen LogP contribution is -2.30. The molecule has 1 saturated heterocycles. The van der Waals surface area contributed by atoms with Gasteiger partial charge in [-0.1, -0.05) is 17.3 Å². The number of hydrogen-bond acceptors (Lipinski definition) is 4. The molecule has 1 aliphatic rings. The number of carbonyl (C=O) groups is 1. The average molecular weight is 327 g/mol. The van der Waals surface area contributed by atoms with Crippen LogP contribution in [0, 0.1) is 5.92 Å². The summed E-state index contributed by atoms with van der Waals surface area (Å²) < 4.78 is 4.88. The third-order valence-electron chi connectivity index (χ3n) is 4.94. The van der Waals surface area contributed by atoms with E-state index in [-0.39, 0.29) is 11.9 Å². The van der Waals surface area contributed by atoms with Crippen molar-refractivity contribution in [3.63, 3.8) is 0 Å². The van der Waals surface area contributed by atoms with Gasteiger partial charge >= 0.3 is 0 Å². The third-order valence-corrected chi connectivity index (χ3v) is 4.94. The van der Waals surface area contributed by atoms with Gasteiger partial charge in [-0.25, -0.2) is 0 Å². The Morgan fingerprint density at radius 2 is 2.17 bits per heavy atom. The number of nitrogens with zero attached hydrogens (tertiary/aromatic N) is 2. The van der Waals surface area contributed by atoms with Crippen LogP contribution in [0.5, 0.6) is 0 Å². The van der Waals surface area contributed by atoms with Crippen molar-refractivity contribution in [2.75, 3.05) is 20.1 Å². The minimum absolute atomic E-state index is 0.0117. The van der Waals surface area contributed by atoms with Crippen molar-refractivity contribution < 1.29 is 9.32 Å². The van der Waals surface area contributed by atoms with Crippen LogP contribution in [-0.4, -0.2) is 36.1 Å². The predicted octanol–water partition coefficient (Wildman–Crippen LogP) is 3.05. The second-order valence-corrected chi connectivity index (χ2v) is 6.61. The van der Waals surface area contributed by atoms with Gasteiger partial charge < -0.3 is 14.7 Å². The van der Waals surface area contributed by atoms with E-state index in [1.54, 1.807) is 18.0 Å². The molecule has 0 aliphatic carbocycles. The zero-order valence-electron chi connectivity index (χ0n) is 14.4. The first-order chi connectivity index (χ1) is 11.6. The van der Waals surface area contributed by atoms with Crippen molar-refractivity contribution in [3.05, 3.63) is 53.4 Å². The van der Waals surface area contributed by atoms with Gasteiger partial charge in [-0.05, 0) is 62.9 Å². The average Bonchev–Trinajstić information content (AvgIpc) is 3.15. The first kappa shape index (κ1) is 16.7. The summed E-state index contributed by atoms with van der Waals surface area (Å²) in [7, 11) is 1.81. The van der Waals surface area contributed by atoms with E-state index in [1.807, 2.05) is 25.1 Å². The summed E-state index contributed by atoms with van der Waals surface area (Å²) in [5, 5.41) is 7.33. The standard InChI is InChI=1S/C19H25N3O2/c1-14(18-8-11-24-21-18)22(2)19(23)17-5-3-4-16(13-17)12-15-6-9-20-10-7-15/h3-5,8,11,13-15,20H,6-7,9-10,12H2,1-2H3. The van der Waals surface area contributed by atoms with Gasteiger partial charge in [0.05, 0.1) is 6.04 Å². The molecule has 1 aromatic heterocycles. The Morgan fingerprint density at radius 3 is 2.88 bits per heavy atom. The number of carbonyl (C=O) groups excluding carboxylic acids is 1. The van der Waals surface area contributed by atoms with Crippen LogP contribution >= 0.6 is 0 Å². The second-order valence-electron chi connectivity index (χ2n) is 6.61. The fourth-order valence-electron chi connectivity index (χ4n) is 3.27. The van der Waals surface area contributed by atoms with Gasteiger partial charge in [0.2, 0.25) is 0 Å². The lowest BCUT2D eigenvalue weighted by molar-refractivity contribution is 0.0737. The number of benzene rings is 1. The molecule has 0 saturated carbocycles. The lowest BCUT2D eigenvalue weighted by atomic mass is 9.90. The number of amides is 1. The Labute approximate surface area is 143 Å². The minimum atomic E-state index is -0.121. The van der Waals surface area contributed by atoms with Gasteiger partial charge in [-0.3, -0.25) is 4.79 Å². The van der Waals surface area contributed by atoms with Crippen LogP contribution < -0.4 is 5.32 Å². The van der Waals surface area contributed by atoms with E-state index in [1.165, 1.54) is 24.7 Å². The summed E-state index contributed by atoms with van der Waals surface area (Å²) in [5.74, 6) is 0.723. The maximum Gasteiger partial charge on any atom is 0.254 e. The van der Waals surface area contributed by atoms with Gasteiger partial charge in [0.15, 0.2) is 0 Å². The molecule has 2 heterocycles. The Bertz CT molecular complexity index is 663. The topological polar surface area (TPSA) is 58.4 Å². The zero-order valence-corrected chi connectivity index (χ0v) is 14.4. The van der Waals surface area contributed by atoms with E-state index in [4.69, 9.17) is 4.52 Å². The molecule has 128 valence electrons. The summed E-state index contributed by atoms with van der Waals surface area (Å²) >= 11 is 0. The molecule has 24 heavy (non-hydrogen) atoms. The monoisotopic (exact) mass is 327 g/mol. The molecule has 1 aliphatic heterocycles. The molecule has 1 aromatic carbocycles. The van der Waals surface area contributed by atoms with Crippen molar-refractivity contribution >= 4 is 5.91 Å². The molecule has 5 nitrogen and oxygen atoms in total. The van der Waals surface area contributed by atoms with Crippen LogP contribution in [0.4, 0.5) is 0 Å². The molecular weight excluding hydrogens is 302 g/mol. The Balaban J connectivity index is 1.69. The van der Waals surface area contributed by atoms with Crippen molar-refractivity contribution in [2.45, 2.75) is 32.2 Å². The summed E-state index contributed by atoms with van der Waals surface area (Å²) in [6, 6.07) is 9.71. The number of rotatable bonds is 5. The molecule has 0 radical (unpaired) electrons. The summed E-state index contributed by atoms with van der Waals surface area (Å²) in [6.07, 6.45) is 5.00. The maximum atomic E-state index is 12.8. The maximum absolute atomic E-state index is 12.8. The van der Waals surface area contributed by atoms with Crippen molar-refractivity contribution in [1.29, 1.82) is 0 Å². The second kappa shape index (κ2) is 7.62. The van der Waals surface area contributed by atoms with E-state index in [0.717, 1.165) is 30.8 Å². The number of piperidine rings is 1. The summed E-state index contributed by atoms with van der Waals surface area (Å²) in [5.41, 5.74) is 2.74. The fraction of sp³-hybridized carbons (Fsp3) is 0.474. The molecule has 0 bridgehead atoms. The highest BCUT2D eigenvalue weighted by Gasteiger charge is 2.21. The van der Waals surface area contributed by atoms with Gasteiger partial charge in [0.25, 0.3) is 5.91 Å². The molecule has 0 spiro atoms. The van der Waals surface area contributed by atoms with Gasteiger partial charge in [-0.15, -0.1) is 0 Å². The Kier molecular flexibility index (Phi) is 5.30. The van der Waals surface area contributed by atoms with Crippen LogP contribution in [0.15, 0.2) is 41.1 Å². The van der Waals surface area contributed by atoms with Crippen LogP contribution in [0.2, 0.25) is 0 Å². The smallest absolute Gasteiger partial charge is 0.254 e. The van der Waals surface area contributed by atoms with Crippen LogP contribution in [0.3, 0.4) is 0 Å². The SMILES string of the molecule is CC(c1ccon1)N(C)C(=O)c1cccc(CC2CCNCC2)c1. The summed E-state index contributed by atoms with van der Waals surface area (Å²) in [6.45, 7) is 4.15. The van der Waals surface area contributed by atoms with Gasteiger partial charge in [0, 0.05) is 18.7 Å². The predicted molar refractivity (Wildman–Crippen MR) is 92.8 cm³/mol. The number of aromatic nitrogens is 1. The van der Waals surface area contributed by atoms with Crippen LogP contribution in [-0.2, 0) is 6.42 Å². The molecule has 3 rings (SSSR count). The normalized spacial score (nSPS) is 16.8. The minimum Gasteiger partial charge on any atom is -0.364 e. The Hall–Kier alpha value is -2.14. The van der Waals surface area contributed by atoms with Crippen molar-refractivity contribution in [2.24, 2.45) is 5.92 Å². The first-order valence-electron chi connectivity index (χ1n) is 8.62. The molecule has 2 aromatic rings. The molecular formula is C19H25N3O2. The lowest BCUT2D eigenvalue weighted by Gasteiger charge is -2.24. The molecule has 5 heteroatoms. The molecule has 1 unspecified atom stereocenters. The van der Waals surface area contributed by atoms with E-state index in [2.05, 4.69) is 16.5 Å². The van der Waals surface area contributed by atoms with Gasteiger partial charge in [-0.2, -0.15) is 0 Å². The van der Waals surface area contributed by atoms with Crippen LogP contribution in [0.25, 0.3) is 0 Å². The molecule has 1 amide bonds. The highest BCUT2D eigenvalue weighted by molar-refractivity contribution is 5.94. The molecule has 1 fully saturated rings. The Morgan fingerprint density at radius 1 is 1.38 bits per heavy atom. The van der Waals surface area contributed by atoms with Crippen LogP contribution in [0.1, 0.15) is 47.4 Å². The first-order valence-corrected chi connectivity index (χ1v) is 8.62. The van der Waals surface area contributed by atoms with Gasteiger partial charge in [0.1, 0.15) is 12.0 Å². The van der Waals surface area contributed by atoms with Crippen molar-refractivity contribution in [1.82, 2.24) is 15.4 Å². The van der Waals surface area contributed by atoms with Crippen molar-refractivity contribution in [3.8, 4) is 0 Å². The van der Waals surface area contributed by atoms with E-state index >= 15 is 0 Å². The number of nitrogens with one attached hydrogen (secondary N) is 1. The zero-order chi connectivity index (χ0) is 16.9. The molecule has 1 N–H and O–H groups in total. The summed E-state index contributed by atoms with van der Waals surface area (Å²) in [4.78, 5) is 14.5. The highest BCUT2D eigenvalue weighted by Crippen LogP contribution is 2.22. The van der Waals surface area contributed by atoms with E-state index in [9.17, 15) is 4.79 Å². The third kappa shape index (κ3) is 3.85. The number of hydrogen-bond donors (Lipinski definition) is 1.